The van der Waals surface area contributed by atoms with E-state index in [0.717, 1.165) is 0 Å². The molecule has 0 radical (unpaired) electrons. The topological polar surface area (TPSA) is 72.2 Å². The summed E-state index contributed by atoms with van der Waals surface area (Å²) < 4.78 is 0. The summed E-state index contributed by atoms with van der Waals surface area (Å²) in [5, 5.41) is 2.62. The van der Waals surface area contributed by atoms with Crippen LogP contribution in [0.4, 0.5) is 0 Å². The standard InChI is InChI=1S/C10H20N2O2/c1-7(2)8(13)10(3,4)9(14)12-6-5-11/h7H,5-6,11H2,1-4H3,(H,12,14). The minimum Gasteiger partial charge on any atom is -0.354 e. The highest BCUT2D eigenvalue weighted by molar-refractivity contribution is 6.05. The molecule has 0 aliphatic carbocycles. The Morgan fingerprint density at radius 3 is 2.21 bits per heavy atom. The zero-order valence-electron chi connectivity index (χ0n) is 9.39. The van der Waals surface area contributed by atoms with Crippen molar-refractivity contribution in [2.45, 2.75) is 27.7 Å². The first-order valence-electron chi connectivity index (χ1n) is 4.86. The van der Waals surface area contributed by atoms with Crippen LogP contribution < -0.4 is 11.1 Å². The van der Waals surface area contributed by atoms with Gasteiger partial charge in [-0.2, -0.15) is 0 Å². The minimum absolute atomic E-state index is 0.0491. The van der Waals surface area contributed by atoms with Gasteiger partial charge in [-0.3, -0.25) is 9.59 Å². The molecule has 3 N–H and O–H groups in total. The molecular weight excluding hydrogens is 180 g/mol. The molecule has 0 atom stereocenters. The molecule has 0 aromatic rings. The Kier molecular flexibility index (Phi) is 4.77. The van der Waals surface area contributed by atoms with E-state index in [0.29, 0.717) is 13.1 Å². The highest BCUT2D eigenvalue weighted by atomic mass is 16.2. The number of rotatable bonds is 5. The van der Waals surface area contributed by atoms with Gasteiger partial charge in [0.15, 0.2) is 0 Å². The average molecular weight is 200 g/mol. The Hall–Kier alpha value is -0.900. The maximum Gasteiger partial charge on any atom is 0.233 e. The van der Waals surface area contributed by atoms with E-state index in [4.69, 9.17) is 5.73 Å². The normalized spacial score (nSPS) is 11.6. The maximum absolute atomic E-state index is 11.7. The van der Waals surface area contributed by atoms with E-state index >= 15 is 0 Å². The summed E-state index contributed by atoms with van der Waals surface area (Å²) in [6, 6.07) is 0. The Bertz CT molecular complexity index is 222. The van der Waals surface area contributed by atoms with Gasteiger partial charge < -0.3 is 11.1 Å². The molecule has 4 nitrogen and oxygen atoms in total. The SMILES string of the molecule is CC(C)C(=O)C(C)(C)C(=O)NCCN. The van der Waals surface area contributed by atoms with Crippen molar-refractivity contribution in [2.75, 3.05) is 13.1 Å². The van der Waals surface area contributed by atoms with Crippen molar-refractivity contribution in [3.05, 3.63) is 0 Å². The molecule has 82 valence electrons. The lowest BCUT2D eigenvalue weighted by Gasteiger charge is -2.23. The van der Waals surface area contributed by atoms with Crippen LogP contribution in [-0.4, -0.2) is 24.8 Å². The summed E-state index contributed by atoms with van der Waals surface area (Å²) in [4.78, 5) is 23.3. The Morgan fingerprint density at radius 2 is 1.86 bits per heavy atom. The first-order chi connectivity index (χ1) is 6.34. The quantitative estimate of drug-likeness (QED) is 0.627. The first-order valence-corrected chi connectivity index (χ1v) is 4.86. The van der Waals surface area contributed by atoms with Crippen LogP contribution in [0.15, 0.2) is 0 Å². The van der Waals surface area contributed by atoms with Crippen LogP contribution in [0.5, 0.6) is 0 Å². The number of carbonyl (C=O) groups excluding carboxylic acids is 2. The van der Waals surface area contributed by atoms with Gasteiger partial charge in [-0.15, -0.1) is 0 Å². The molecule has 0 aromatic heterocycles. The number of Topliss-reactive ketones (excluding diaryl/α,β-unsaturated/α-hetero) is 1. The van der Waals surface area contributed by atoms with E-state index in [-0.39, 0.29) is 17.6 Å². The van der Waals surface area contributed by atoms with Crippen molar-refractivity contribution in [2.24, 2.45) is 17.1 Å². The molecule has 0 aromatic carbocycles. The van der Waals surface area contributed by atoms with Gasteiger partial charge in [0.1, 0.15) is 11.2 Å². The maximum atomic E-state index is 11.7. The van der Waals surface area contributed by atoms with Gasteiger partial charge >= 0.3 is 0 Å². The number of amides is 1. The minimum atomic E-state index is -0.955. The molecule has 0 saturated carbocycles. The van der Waals surface area contributed by atoms with Gasteiger partial charge in [0, 0.05) is 19.0 Å². The molecule has 0 aliphatic heterocycles. The zero-order valence-corrected chi connectivity index (χ0v) is 9.39. The lowest BCUT2D eigenvalue weighted by Crippen LogP contribution is -2.45. The number of carbonyl (C=O) groups is 2. The Morgan fingerprint density at radius 1 is 1.36 bits per heavy atom. The molecule has 0 aliphatic rings. The van der Waals surface area contributed by atoms with Crippen LogP contribution in [0.3, 0.4) is 0 Å². The number of ketones is 1. The molecule has 1 amide bonds. The second-order valence-corrected chi connectivity index (χ2v) is 4.19. The van der Waals surface area contributed by atoms with Crippen molar-refractivity contribution in [1.82, 2.24) is 5.32 Å². The van der Waals surface area contributed by atoms with Gasteiger partial charge in [-0.05, 0) is 13.8 Å². The summed E-state index contributed by atoms with van der Waals surface area (Å²) >= 11 is 0. The van der Waals surface area contributed by atoms with Gasteiger partial charge in [-0.25, -0.2) is 0 Å². The molecule has 0 bridgehead atoms. The molecular formula is C10H20N2O2. The van der Waals surface area contributed by atoms with Crippen LogP contribution in [0.2, 0.25) is 0 Å². The van der Waals surface area contributed by atoms with Gasteiger partial charge in [0.05, 0.1) is 0 Å². The monoisotopic (exact) mass is 200 g/mol. The molecule has 0 rings (SSSR count). The van der Waals surface area contributed by atoms with Crippen LogP contribution in [-0.2, 0) is 9.59 Å². The largest absolute Gasteiger partial charge is 0.354 e. The van der Waals surface area contributed by atoms with Crippen molar-refractivity contribution in [1.29, 1.82) is 0 Å². The fourth-order valence-electron chi connectivity index (χ4n) is 1.24. The summed E-state index contributed by atoms with van der Waals surface area (Å²) in [5.74, 6) is -0.428. The van der Waals surface area contributed by atoms with Crippen molar-refractivity contribution in [3.63, 3.8) is 0 Å². The van der Waals surface area contributed by atoms with Gasteiger partial charge in [0.2, 0.25) is 5.91 Å². The molecule has 0 fully saturated rings. The van der Waals surface area contributed by atoms with E-state index in [9.17, 15) is 9.59 Å². The molecule has 0 heterocycles. The third kappa shape index (κ3) is 3.10. The Balaban J connectivity index is 4.44. The average Bonchev–Trinajstić information content (AvgIpc) is 2.12. The highest BCUT2D eigenvalue weighted by Crippen LogP contribution is 2.21. The lowest BCUT2D eigenvalue weighted by molar-refractivity contribution is -0.141. The fraction of sp³-hybridized carbons (Fsp3) is 0.800. The van der Waals surface area contributed by atoms with Crippen LogP contribution in [0.25, 0.3) is 0 Å². The van der Waals surface area contributed by atoms with Crippen molar-refractivity contribution >= 4 is 11.7 Å². The summed E-state index contributed by atoms with van der Waals surface area (Å²) in [6.45, 7) is 7.66. The van der Waals surface area contributed by atoms with Crippen LogP contribution in [0, 0.1) is 11.3 Å². The third-order valence-corrected chi connectivity index (χ3v) is 2.14. The van der Waals surface area contributed by atoms with E-state index in [1.807, 2.05) is 0 Å². The number of hydrogen-bond donors (Lipinski definition) is 2. The van der Waals surface area contributed by atoms with Crippen LogP contribution >= 0.6 is 0 Å². The molecule has 0 unspecified atom stereocenters. The molecule has 0 spiro atoms. The summed E-state index contributed by atoms with van der Waals surface area (Å²) in [7, 11) is 0. The van der Waals surface area contributed by atoms with E-state index in [2.05, 4.69) is 5.32 Å². The highest BCUT2D eigenvalue weighted by Gasteiger charge is 2.36. The third-order valence-electron chi connectivity index (χ3n) is 2.14. The number of nitrogens with one attached hydrogen (secondary N) is 1. The van der Waals surface area contributed by atoms with E-state index < -0.39 is 5.41 Å². The van der Waals surface area contributed by atoms with E-state index in [1.165, 1.54) is 0 Å². The Labute approximate surface area is 85.2 Å². The fourth-order valence-corrected chi connectivity index (χ4v) is 1.24. The molecule has 4 heteroatoms. The summed E-state index contributed by atoms with van der Waals surface area (Å²) in [6.07, 6.45) is 0. The van der Waals surface area contributed by atoms with Gasteiger partial charge in [-0.1, -0.05) is 13.8 Å². The zero-order chi connectivity index (χ0) is 11.4. The molecule has 14 heavy (non-hydrogen) atoms. The van der Waals surface area contributed by atoms with Crippen molar-refractivity contribution in [3.8, 4) is 0 Å². The smallest absolute Gasteiger partial charge is 0.233 e. The number of nitrogens with two attached hydrogens (primary N) is 1. The van der Waals surface area contributed by atoms with Crippen molar-refractivity contribution < 1.29 is 9.59 Å². The van der Waals surface area contributed by atoms with Crippen LogP contribution in [0.1, 0.15) is 27.7 Å². The lowest BCUT2D eigenvalue weighted by atomic mass is 9.81. The van der Waals surface area contributed by atoms with E-state index in [1.54, 1.807) is 27.7 Å². The second kappa shape index (κ2) is 5.10. The predicted octanol–water partition coefficient (Wildman–Crippen LogP) is 0.313. The van der Waals surface area contributed by atoms with Gasteiger partial charge in [0.25, 0.3) is 0 Å². The summed E-state index contributed by atoms with van der Waals surface area (Å²) in [5.41, 5.74) is 4.30. The first kappa shape index (κ1) is 13.1. The second-order valence-electron chi connectivity index (χ2n) is 4.19. The molecule has 0 saturated heterocycles. The number of hydrogen-bond acceptors (Lipinski definition) is 3. The predicted molar refractivity (Wildman–Crippen MR) is 55.7 cm³/mol.